The Balaban J connectivity index is 1.46. The number of benzene rings is 2. The summed E-state index contributed by atoms with van der Waals surface area (Å²) in [6.07, 6.45) is 1.96. The minimum atomic E-state index is -4.39. The number of nitrogens with one attached hydrogen (secondary N) is 1. The van der Waals surface area contributed by atoms with Crippen molar-refractivity contribution in [3.05, 3.63) is 70.8 Å². The molecule has 5 rings (SSSR count). The van der Waals surface area contributed by atoms with E-state index in [1.807, 2.05) is 7.05 Å². The molecule has 0 radical (unpaired) electrons. The monoisotopic (exact) mass is 452 g/mol. The molecular formula is C27H27F3N2O. The molecule has 2 bridgehead atoms. The summed E-state index contributed by atoms with van der Waals surface area (Å²) >= 11 is 0. The van der Waals surface area contributed by atoms with Gasteiger partial charge >= 0.3 is 6.18 Å². The van der Waals surface area contributed by atoms with Gasteiger partial charge in [0.15, 0.2) is 0 Å². The fourth-order valence-corrected chi connectivity index (χ4v) is 6.56. The fourth-order valence-electron chi connectivity index (χ4n) is 6.56. The molecule has 2 aliphatic carbocycles. The van der Waals surface area contributed by atoms with Crippen molar-refractivity contribution in [1.29, 1.82) is 0 Å². The summed E-state index contributed by atoms with van der Waals surface area (Å²) in [4.78, 5) is 15.0. The van der Waals surface area contributed by atoms with E-state index in [-0.39, 0.29) is 11.3 Å². The predicted octanol–water partition coefficient (Wildman–Crippen LogP) is 4.89. The zero-order valence-electron chi connectivity index (χ0n) is 18.6. The summed E-state index contributed by atoms with van der Waals surface area (Å²) in [6.45, 7) is 0.842. The smallest absolute Gasteiger partial charge is 0.316 e. The van der Waals surface area contributed by atoms with Crippen molar-refractivity contribution in [3.63, 3.8) is 0 Å². The molecule has 1 aliphatic heterocycles. The average Bonchev–Trinajstić information content (AvgIpc) is 2.81. The van der Waals surface area contributed by atoms with E-state index in [9.17, 15) is 18.0 Å². The lowest BCUT2D eigenvalue weighted by molar-refractivity contribution is -0.142. The largest absolute Gasteiger partial charge is 0.416 e. The molecule has 2 fully saturated rings. The van der Waals surface area contributed by atoms with E-state index in [2.05, 4.69) is 41.4 Å². The van der Waals surface area contributed by atoms with E-state index in [0.717, 1.165) is 50.8 Å². The summed E-state index contributed by atoms with van der Waals surface area (Å²) < 4.78 is 38.4. The molecule has 3 atom stereocenters. The van der Waals surface area contributed by atoms with Crippen molar-refractivity contribution < 1.29 is 18.0 Å². The molecule has 0 aromatic heterocycles. The van der Waals surface area contributed by atoms with Crippen LogP contribution in [0.3, 0.4) is 0 Å². The maximum atomic E-state index is 13.3. The van der Waals surface area contributed by atoms with Crippen LogP contribution >= 0.6 is 0 Å². The predicted molar refractivity (Wildman–Crippen MR) is 120 cm³/mol. The summed E-state index contributed by atoms with van der Waals surface area (Å²) in [6, 6.07) is 13.2. The van der Waals surface area contributed by atoms with Gasteiger partial charge in [-0.05, 0) is 61.2 Å². The highest BCUT2D eigenvalue weighted by Gasteiger charge is 2.60. The van der Waals surface area contributed by atoms with Crippen molar-refractivity contribution in [2.24, 2.45) is 5.92 Å². The highest BCUT2D eigenvalue weighted by Crippen LogP contribution is 2.57. The van der Waals surface area contributed by atoms with Crippen molar-refractivity contribution in [2.45, 2.75) is 55.8 Å². The number of hydrogen-bond acceptors (Lipinski definition) is 2. The van der Waals surface area contributed by atoms with Crippen molar-refractivity contribution >= 4 is 5.91 Å². The average molecular weight is 453 g/mol. The van der Waals surface area contributed by atoms with E-state index in [4.69, 9.17) is 0 Å². The number of rotatable bonds is 1. The molecule has 0 spiro atoms. The molecule has 1 heterocycles. The first-order valence-electron chi connectivity index (χ1n) is 11.6. The first kappa shape index (κ1) is 22.0. The zero-order chi connectivity index (χ0) is 23.3. The second-order valence-electron chi connectivity index (χ2n) is 9.58. The molecule has 172 valence electrons. The molecule has 6 heteroatoms. The number of alkyl halides is 3. The first-order chi connectivity index (χ1) is 15.8. The Hall–Kier alpha value is -2.78. The van der Waals surface area contributed by atoms with Gasteiger partial charge in [0.25, 0.3) is 5.91 Å². The van der Waals surface area contributed by atoms with Gasteiger partial charge in [-0.1, -0.05) is 43.0 Å². The van der Waals surface area contributed by atoms with Crippen LogP contribution in [0.4, 0.5) is 13.2 Å². The Morgan fingerprint density at radius 3 is 2.61 bits per heavy atom. The molecule has 3 nitrogen and oxygen atoms in total. The van der Waals surface area contributed by atoms with Gasteiger partial charge in [0.1, 0.15) is 5.66 Å². The first-order valence-corrected chi connectivity index (χ1v) is 11.6. The highest BCUT2D eigenvalue weighted by atomic mass is 19.4. The van der Waals surface area contributed by atoms with Gasteiger partial charge in [-0.2, -0.15) is 13.2 Å². The van der Waals surface area contributed by atoms with Gasteiger partial charge in [0.05, 0.1) is 5.56 Å². The van der Waals surface area contributed by atoms with E-state index < -0.39 is 17.4 Å². The van der Waals surface area contributed by atoms with Gasteiger partial charge < -0.3 is 4.90 Å². The van der Waals surface area contributed by atoms with Crippen LogP contribution in [0.2, 0.25) is 0 Å². The van der Waals surface area contributed by atoms with Gasteiger partial charge in [-0.15, -0.1) is 0 Å². The van der Waals surface area contributed by atoms with Crippen molar-refractivity contribution in [1.82, 2.24) is 10.2 Å². The Labute approximate surface area is 192 Å². The molecule has 1 saturated carbocycles. The van der Waals surface area contributed by atoms with Crippen LogP contribution in [0.5, 0.6) is 0 Å². The van der Waals surface area contributed by atoms with Crippen LogP contribution in [0.25, 0.3) is 0 Å². The number of carbonyl (C=O) groups excluding carboxylic acids is 1. The summed E-state index contributed by atoms with van der Waals surface area (Å²) in [5.74, 6) is 5.44. The molecule has 1 N–H and O–H groups in total. The summed E-state index contributed by atoms with van der Waals surface area (Å²) in [5, 5.41) is 3.71. The van der Waals surface area contributed by atoms with Crippen molar-refractivity contribution in [2.75, 3.05) is 13.6 Å². The summed E-state index contributed by atoms with van der Waals surface area (Å²) in [5.41, 5.74) is 1.98. The minimum Gasteiger partial charge on any atom is -0.316 e. The van der Waals surface area contributed by atoms with Gasteiger partial charge in [0.2, 0.25) is 0 Å². The lowest BCUT2D eigenvalue weighted by Gasteiger charge is -2.63. The molecule has 0 unspecified atom stereocenters. The molecule has 33 heavy (non-hydrogen) atoms. The van der Waals surface area contributed by atoms with Crippen LogP contribution in [0.15, 0.2) is 48.5 Å². The van der Waals surface area contributed by atoms with Gasteiger partial charge in [0, 0.05) is 36.3 Å². The fraction of sp³-hybridized carbons (Fsp3) is 0.444. The Bertz CT molecular complexity index is 1130. The van der Waals surface area contributed by atoms with Crippen LogP contribution in [-0.4, -0.2) is 30.1 Å². The van der Waals surface area contributed by atoms with E-state index >= 15 is 0 Å². The minimum absolute atomic E-state index is 0.0771. The van der Waals surface area contributed by atoms with Crippen molar-refractivity contribution in [3.8, 4) is 11.8 Å². The third kappa shape index (κ3) is 3.54. The summed E-state index contributed by atoms with van der Waals surface area (Å²) in [7, 11) is 1.81. The maximum Gasteiger partial charge on any atom is 0.416 e. The molecular weight excluding hydrogens is 425 g/mol. The number of hydrogen-bond donors (Lipinski definition) is 1. The number of halogens is 3. The Kier molecular flexibility index (Phi) is 5.29. The molecule has 2 aromatic carbocycles. The Morgan fingerprint density at radius 1 is 1.09 bits per heavy atom. The van der Waals surface area contributed by atoms with Crippen LogP contribution in [0.1, 0.15) is 54.4 Å². The Morgan fingerprint density at radius 2 is 1.85 bits per heavy atom. The lowest BCUT2D eigenvalue weighted by Crippen LogP contribution is -2.74. The van der Waals surface area contributed by atoms with Gasteiger partial charge in [-0.25, -0.2) is 0 Å². The molecule has 1 saturated heterocycles. The number of nitrogens with zero attached hydrogens (tertiary/aromatic N) is 1. The normalized spacial score (nSPS) is 28.1. The van der Waals surface area contributed by atoms with Crippen LogP contribution < -0.4 is 5.32 Å². The lowest BCUT2D eigenvalue weighted by atomic mass is 9.50. The topological polar surface area (TPSA) is 32.3 Å². The maximum absolute atomic E-state index is 13.3. The molecule has 1 amide bonds. The number of carbonyl (C=O) groups is 1. The third-order valence-electron chi connectivity index (χ3n) is 8.05. The van der Waals surface area contributed by atoms with Crippen LogP contribution in [0, 0.1) is 17.8 Å². The quantitative estimate of drug-likeness (QED) is 0.625. The number of fused-ring (bicyclic) bond motifs is 1. The number of likely N-dealkylation sites (N-methyl/N-ethyl adjacent to an activating group) is 1. The van der Waals surface area contributed by atoms with Crippen LogP contribution in [-0.2, 0) is 22.8 Å². The van der Waals surface area contributed by atoms with Gasteiger partial charge in [-0.3, -0.25) is 10.1 Å². The number of amides is 1. The standard InChI is InChI=1S/C27H27F3N2O/c1-32(24(33)14-11-19-9-12-21(13-10-19)27(28,29)30)26-18-20-6-2-3-7-22(20)25(16-17-31-26)15-5-4-8-23(25)26/h2-3,6-7,9-10,12-13,23,31H,4-5,8,15-18H2,1H3/t23-,25+,26+/m1/s1. The van der Waals surface area contributed by atoms with E-state index in [1.165, 1.54) is 29.7 Å². The van der Waals surface area contributed by atoms with E-state index in [1.54, 1.807) is 4.90 Å². The second-order valence-corrected chi connectivity index (χ2v) is 9.58. The molecule has 3 aliphatic rings. The number of piperidine rings is 1. The SMILES string of the molecule is CN(C(=O)C#Cc1ccc(C(F)(F)F)cc1)[C@@]12Cc3ccccc3[C@]3(CCCC[C@H]31)CCN2. The second kappa shape index (κ2) is 7.92. The van der Waals surface area contributed by atoms with E-state index in [0.29, 0.717) is 11.5 Å². The highest BCUT2D eigenvalue weighted by molar-refractivity contribution is 5.94. The third-order valence-corrected chi connectivity index (χ3v) is 8.05. The molecule has 2 aromatic rings. The zero-order valence-corrected chi connectivity index (χ0v) is 18.6.